The van der Waals surface area contributed by atoms with E-state index in [2.05, 4.69) is 20.0 Å². The number of benzene rings is 2. The van der Waals surface area contributed by atoms with Gasteiger partial charge in [0.25, 0.3) is 11.5 Å². The molecular weight excluding hydrogens is 381 g/mol. The molecule has 2 heterocycles. The Bertz CT molecular complexity index is 1370. The molecule has 10 heteroatoms. The van der Waals surface area contributed by atoms with E-state index < -0.39 is 23.0 Å². The standard InChI is InChI=1S/C19H14FN5O4/c1-22-14-8-11(20)6-10-7-13(16(21)26)18(27)25(15(10)14)12-4-2-9(3-5-12)17-23-19(28)29-24-17/h2-8,22H,1H3,(H2,21,26)(H,23,24,28). The molecule has 0 saturated carbocycles. The van der Waals surface area contributed by atoms with Crippen LogP contribution in [0.25, 0.3) is 28.0 Å². The first-order valence-electron chi connectivity index (χ1n) is 8.42. The quantitative estimate of drug-likeness (QED) is 0.480. The van der Waals surface area contributed by atoms with Crippen molar-refractivity contribution in [3.05, 3.63) is 74.7 Å². The molecule has 0 aliphatic heterocycles. The lowest BCUT2D eigenvalue weighted by Gasteiger charge is -2.16. The van der Waals surface area contributed by atoms with E-state index in [4.69, 9.17) is 5.73 Å². The Hall–Kier alpha value is -4.21. The van der Waals surface area contributed by atoms with Gasteiger partial charge in [-0.25, -0.2) is 9.18 Å². The van der Waals surface area contributed by atoms with E-state index in [0.29, 0.717) is 27.8 Å². The van der Waals surface area contributed by atoms with Crippen LogP contribution >= 0.6 is 0 Å². The summed E-state index contributed by atoms with van der Waals surface area (Å²) in [7, 11) is 1.59. The van der Waals surface area contributed by atoms with Crippen LogP contribution in [0.5, 0.6) is 0 Å². The summed E-state index contributed by atoms with van der Waals surface area (Å²) in [5, 5.41) is 6.79. The summed E-state index contributed by atoms with van der Waals surface area (Å²) in [4.78, 5) is 38.3. The molecule has 0 bridgehead atoms. The number of hydrogen-bond donors (Lipinski definition) is 3. The lowest BCUT2D eigenvalue weighted by Crippen LogP contribution is -2.29. The number of primary amides is 1. The van der Waals surface area contributed by atoms with Crippen LogP contribution in [0.15, 0.2) is 56.6 Å². The zero-order valence-electron chi connectivity index (χ0n) is 15.0. The Morgan fingerprint density at radius 1 is 1.21 bits per heavy atom. The fraction of sp³-hybridized carbons (Fsp3) is 0.0526. The first kappa shape index (κ1) is 18.2. The number of hydrogen-bond acceptors (Lipinski definition) is 6. The van der Waals surface area contributed by atoms with Crippen molar-refractivity contribution in [1.82, 2.24) is 14.7 Å². The topological polar surface area (TPSA) is 136 Å². The van der Waals surface area contributed by atoms with Crippen LogP contribution in [-0.2, 0) is 0 Å². The van der Waals surface area contributed by atoms with Crippen molar-refractivity contribution < 1.29 is 13.7 Å². The normalized spacial score (nSPS) is 11.0. The van der Waals surface area contributed by atoms with Crippen LogP contribution in [-0.4, -0.2) is 27.7 Å². The van der Waals surface area contributed by atoms with Gasteiger partial charge in [-0.2, -0.15) is 0 Å². The number of pyridine rings is 1. The van der Waals surface area contributed by atoms with Crippen molar-refractivity contribution in [1.29, 1.82) is 0 Å². The molecule has 2 aromatic carbocycles. The van der Waals surface area contributed by atoms with E-state index in [0.717, 1.165) is 0 Å². The van der Waals surface area contributed by atoms with Gasteiger partial charge in [-0.1, -0.05) is 5.16 Å². The molecule has 4 aromatic rings. The number of amides is 1. The van der Waals surface area contributed by atoms with Gasteiger partial charge < -0.3 is 11.1 Å². The number of fused-ring (bicyclic) bond motifs is 1. The highest BCUT2D eigenvalue weighted by Crippen LogP contribution is 2.27. The van der Waals surface area contributed by atoms with E-state index >= 15 is 0 Å². The molecule has 146 valence electrons. The summed E-state index contributed by atoms with van der Waals surface area (Å²) in [5.74, 6) is -1.92. The molecule has 0 fully saturated rings. The number of nitrogens with one attached hydrogen (secondary N) is 2. The smallest absolute Gasteiger partial charge is 0.386 e. The summed E-state index contributed by atoms with van der Waals surface area (Å²) < 4.78 is 19.8. The Kier molecular flexibility index (Phi) is 4.23. The minimum atomic E-state index is -0.919. The van der Waals surface area contributed by atoms with Crippen molar-refractivity contribution in [2.24, 2.45) is 5.73 Å². The van der Waals surface area contributed by atoms with Crippen LogP contribution in [0, 0.1) is 5.82 Å². The van der Waals surface area contributed by atoms with Gasteiger partial charge in [0.15, 0.2) is 5.82 Å². The SMILES string of the molecule is CNc1cc(F)cc2cc(C(N)=O)c(=O)n(-c3ccc(-c4noc(=O)[nH]4)cc3)c12. The van der Waals surface area contributed by atoms with Crippen LogP contribution in [0.4, 0.5) is 10.1 Å². The fourth-order valence-corrected chi connectivity index (χ4v) is 3.16. The van der Waals surface area contributed by atoms with Crippen molar-refractivity contribution in [3.63, 3.8) is 0 Å². The molecular formula is C19H14FN5O4. The van der Waals surface area contributed by atoms with Crippen LogP contribution in [0.3, 0.4) is 0 Å². The Balaban J connectivity index is 2.01. The molecule has 1 amide bonds. The second-order valence-corrected chi connectivity index (χ2v) is 6.19. The van der Waals surface area contributed by atoms with Crippen molar-refractivity contribution in [2.45, 2.75) is 0 Å². The van der Waals surface area contributed by atoms with Gasteiger partial charge in [0.2, 0.25) is 0 Å². The maximum absolute atomic E-state index is 14.0. The summed E-state index contributed by atoms with van der Waals surface area (Å²) >= 11 is 0. The first-order chi connectivity index (χ1) is 13.9. The van der Waals surface area contributed by atoms with Gasteiger partial charge in [-0.15, -0.1) is 0 Å². The maximum Gasteiger partial charge on any atom is 0.439 e. The average molecular weight is 395 g/mol. The monoisotopic (exact) mass is 395 g/mol. The minimum Gasteiger partial charge on any atom is -0.386 e. The average Bonchev–Trinajstić information content (AvgIpc) is 3.13. The van der Waals surface area contributed by atoms with Crippen molar-refractivity contribution in [3.8, 4) is 17.1 Å². The number of nitrogens with zero attached hydrogens (tertiary/aromatic N) is 2. The number of aromatic nitrogens is 3. The van der Waals surface area contributed by atoms with E-state index in [1.807, 2.05) is 0 Å². The molecule has 0 atom stereocenters. The highest BCUT2D eigenvalue weighted by molar-refractivity contribution is 5.99. The second-order valence-electron chi connectivity index (χ2n) is 6.19. The van der Waals surface area contributed by atoms with Crippen LogP contribution in [0.2, 0.25) is 0 Å². The largest absolute Gasteiger partial charge is 0.439 e. The maximum atomic E-state index is 14.0. The van der Waals surface area contributed by atoms with Gasteiger partial charge in [0.05, 0.1) is 11.2 Å². The minimum absolute atomic E-state index is 0.225. The Labute approximate surface area is 161 Å². The van der Waals surface area contributed by atoms with Crippen molar-refractivity contribution >= 4 is 22.5 Å². The molecule has 9 nitrogen and oxygen atoms in total. The number of aromatic amines is 1. The van der Waals surface area contributed by atoms with E-state index in [1.54, 1.807) is 31.3 Å². The fourth-order valence-electron chi connectivity index (χ4n) is 3.16. The third-order valence-corrected chi connectivity index (χ3v) is 4.44. The van der Waals surface area contributed by atoms with Gasteiger partial charge in [0.1, 0.15) is 11.4 Å². The molecule has 2 aromatic heterocycles. The highest BCUT2D eigenvalue weighted by Gasteiger charge is 2.18. The van der Waals surface area contributed by atoms with E-state index in [-0.39, 0.29) is 11.4 Å². The Morgan fingerprint density at radius 2 is 1.93 bits per heavy atom. The third kappa shape index (κ3) is 3.06. The molecule has 4 rings (SSSR count). The summed E-state index contributed by atoms with van der Waals surface area (Å²) in [5.41, 5.74) is 6.13. The van der Waals surface area contributed by atoms with Crippen molar-refractivity contribution in [2.75, 3.05) is 12.4 Å². The van der Waals surface area contributed by atoms with E-state index in [9.17, 15) is 18.8 Å². The molecule has 0 aliphatic rings. The van der Waals surface area contributed by atoms with Gasteiger partial charge in [-0.3, -0.25) is 23.7 Å². The van der Waals surface area contributed by atoms with Crippen LogP contribution < -0.4 is 22.4 Å². The lowest BCUT2D eigenvalue weighted by atomic mass is 10.1. The number of rotatable bonds is 4. The zero-order valence-corrected chi connectivity index (χ0v) is 15.0. The highest BCUT2D eigenvalue weighted by atomic mass is 19.1. The molecule has 0 saturated heterocycles. The molecule has 0 radical (unpaired) electrons. The number of H-pyrrole nitrogens is 1. The van der Waals surface area contributed by atoms with Gasteiger partial charge in [0, 0.05) is 23.7 Å². The van der Waals surface area contributed by atoms with E-state index in [1.165, 1.54) is 22.8 Å². The predicted octanol–water partition coefficient (Wildman–Crippen LogP) is 1.61. The zero-order chi connectivity index (χ0) is 20.7. The molecule has 0 unspecified atom stereocenters. The number of halogens is 1. The first-order valence-corrected chi connectivity index (χ1v) is 8.42. The third-order valence-electron chi connectivity index (χ3n) is 4.44. The molecule has 4 N–H and O–H groups in total. The summed E-state index contributed by atoms with van der Waals surface area (Å²) in [6.45, 7) is 0. The molecule has 0 aliphatic carbocycles. The second kappa shape index (κ2) is 6.75. The van der Waals surface area contributed by atoms with Gasteiger partial charge in [-0.05, 0) is 42.5 Å². The van der Waals surface area contributed by atoms with Crippen LogP contribution in [0.1, 0.15) is 10.4 Å². The summed E-state index contributed by atoms with van der Waals surface area (Å²) in [6, 6.07) is 10.1. The molecule has 29 heavy (non-hydrogen) atoms. The molecule has 0 spiro atoms. The Morgan fingerprint density at radius 3 is 2.52 bits per heavy atom. The van der Waals surface area contributed by atoms with Gasteiger partial charge >= 0.3 is 5.76 Å². The predicted molar refractivity (Wildman–Crippen MR) is 104 cm³/mol. The number of nitrogens with two attached hydrogens (primary N) is 1. The number of anilines is 1. The number of carbonyl (C=O) groups excluding carboxylic acids is 1. The lowest BCUT2D eigenvalue weighted by molar-refractivity contribution is 0.0999. The summed E-state index contributed by atoms with van der Waals surface area (Å²) in [6.07, 6.45) is 0. The number of carbonyl (C=O) groups is 1.